The Balaban J connectivity index is 1.64. The number of aromatic nitrogens is 2. The van der Waals surface area contributed by atoms with Gasteiger partial charge in [0.2, 0.25) is 17.8 Å². The van der Waals surface area contributed by atoms with E-state index in [0.29, 0.717) is 17.3 Å². The molecule has 2 aromatic rings. The molecule has 3 heterocycles. The van der Waals surface area contributed by atoms with Crippen LogP contribution in [0.5, 0.6) is 0 Å². The number of hydrogen-bond acceptors (Lipinski definition) is 6. The maximum absolute atomic E-state index is 13.1. The number of nitrogens with zero attached hydrogens (tertiary/aromatic N) is 3. The fourth-order valence-electron chi connectivity index (χ4n) is 4.01. The number of carbonyl (C=O) groups excluding carboxylic acids is 2. The highest BCUT2D eigenvalue weighted by Gasteiger charge is 2.35. The molecule has 0 aliphatic carbocycles. The van der Waals surface area contributed by atoms with Crippen molar-refractivity contribution < 1.29 is 9.59 Å². The van der Waals surface area contributed by atoms with Crippen molar-refractivity contribution in [3.05, 3.63) is 35.4 Å². The standard InChI is InChI=1S/C21H26N6O2/c1-2-13-8-4-5-9-15(13)23-20(29)14-12-16(28)24-19-17(14)18(22)25-21(26-19)27-10-6-3-7-11-27/h4-5,8-9,14H,2-3,6-7,10-12H2,1H3,(H,23,29)(H3,22,24,25,26,28). The van der Waals surface area contributed by atoms with Crippen LogP contribution in [-0.2, 0) is 16.0 Å². The molecule has 4 N–H and O–H groups in total. The van der Waals surface area contributed by atoms with Crippen LogP contribution in [0.1, 0.15) is 49.7 Å². The van der Waals surface area contributed by atoms with Crippen molar-refractivity contribution in [2.45, 2.75) is 44.9 Å². The van der Waals surface area contributed by atoms with Crippen molar-refractivity contribution in [2.75, 3.05) is 34.4 Å². The zero-order chi connectivity index (χ0) is 20.4. The van der Waals surface area contributed by atoms with Crippen LogP contribution in [0.25, 0.3) is 0 Å². The average molecular weight is 394 g/mol. The Labute approximate surface area is 169 Å². The van der Waals surface area contributed by atoms with Crippen LogP contribution in [0.4, 0.5) is 23.3 Å². The molecule has 1 atom stereocenters. The summed E-state index contributed by atoms with van der Waals surface area (Å²) in [6.45, 7) is 3.76. The number of piperidine rings is 1. The molecule has 2 aliphatic rings. The van der Waals surface area contributed by atoms with Gasteiger partial charge in [0.1, 0.15) is 11.6 Å². The van der Waals surface area contributed by atoms with E-state index in [4.69, 9.17) is 5.73 Å². The quantitative estimate of drug-likeness (QED) is 0.735. The van der Waals surface area contributed by atoms with Crippen molar-refractivity contribution in [3.8, 4) is 0 Å². The number of hydrogen-bond donors (Lipinski definition) is 3. The molecule has 0 bridgehead atoms. The first kappa shape index (κ1) is 19.2. The first-order valence-electron chi connectivity index (χ1n) is 10.2. The number of nitrogens with one attached hydrogen (secondary N) is 2. The summed E-state index contributed by atoms with van der Waals surface area (Å²) in [5.41, 5.74) is 8.54. The van der Waals surface area contributed by atoms with Crippen LogP contribution in [0, 0.1) is 0 Å². The lowest BCUT2D eigenvalue weighted by Crippen LogP contribution is -2.35. The van der Waals surface area contributed by atoms with Gasteiger partial charge in [-0.05, 0) is 37.3 Å². The van der Waals surface area contributed by atoms with Crippen LogP contribution in [0.3, 0.4) is 0 Å². The van der Waals surface area contributed by atoms with Gasteiger partial charge < -0.3 is 21.3 Å². The van der Waals surface area contributed by atoms with Crippen LogP contribution < -0.4 is 21.3 Å². The summed E-state index contributed by atoms with van der Waals surface area (Å²) >= 11 is 0. The number of nitrogen functional groups attached to an aromatic ring is 1. The Bertz CT molecular complexity index is 939. The number of aryl methyl sites for hydroxylation is 1. The van der Waals surface area contributed by atoms with E-state index < -0.39 is 5.92 Å². The van der Waals surface area contributed by atoms with Gasteiger partial charge >= 0.3 is 0 Å². The molecule has 1 saturated heterocycles. The minimum Gasteiger partial charge on any atom is -0.383 e. The number of nitrogens with two attached hydrogens (primary N) is 1. The van der Waals surface area contributed by atoms with E-state index in [0.717, 1.165) is 43.6 Å². The van der Waals surface area contributed by atoms with Gasteiger partial charge in [0.25, 0.3) is 0 Å². The highest BCUT2D eigenvalue weighted by atomic mass is 16.2. The van der Waals surface area contributed by atoms with E-state index in [-0.39, 0.29) is 24.1 Å². The molecule has 0 saturated carbocycles. The number of rotatable bonds is 4. The monoisotopic (exact) mass is 394 g/mol. The summed E-state index contributed by atoms with van der Waals surface area (Å²) < 4.78 is 0. The van der Waals surface area contributed by atoms with Crippen molar-refractivity contribution in [1.29, 1.82) is 0 Å². The van der Waals surface area contributed by atoms with Crippen LogP contribution >= 0.6 is 0 Å². The molecule has 0 spiro atoms. The smallest absolute Gasteiger partial charge is 0.232 e. The SMILES string of the molecule is CCc1ccccc1NC(=O)C1CC(=O)Nc2nc(N3CCCCC3)nc(N)c21. The van der Waals surface area contributed by atoms with Gasteiger partial charge in [0.15, 0.2) is 0 Å². The summed E-state index contributed by atoms with van der Waals surface area (Å²) in [6.07, 6.45) is 4.16. The Kier molecular flexibility index (Phi) is 5.33. The Hall–Kier alpha value is -3.16. The topological polar surface area (TPSA) is 113 Å². The van der Waals surface area contributed by atoms with Gasteiger partial charge in [-0.2, -0.15) is 9.97 Å². The number of amides is 2. The largest absolute Gasteiger partial charge is 0.383 e. The minimum atomic E-state index is -0.723. The number of para-hydroxylation sites is 1. The Morgan fingerprint density at radius 2 is 2.00 bits per heavy atom. The van der Waals surface area contributed by atoms with Crippen LogP contribution in [0.2, 0.25) is 0 Å². The molecule has 8 heteroatoms. The molecular weight excluding hydrogens is 368 g/mol. The van der Waals surface area contributed by atoms with E-state index in [1.807, 2.05) is 31.2 Å². The molecule has 29 heavy (non-hydrogen) atoms. The first-order valence-corrected chi connectivity index (χ1v) is 10.2. The maximum atomic E-state index is 13.1. The molecule has 152 valence electrons. The predicted molar refractivity (Wildman–Crippen MR) is 113 cm³/mol. The van der Waals surface area contributed by atoms with Crippen molar-refractivity contribution in [1.82, 2.24) is 9.97 Å². The van der Waals surface area contributed by atoms with E-state index in [2.05, 4.69) is 25.5 Å². The molecule has 0 radical (unpaired) electrons. The lowest BCUT2D eigenvalue weighted by atomic mass is 9.91. The molecule has 1 fully saturated rings. The number of fused-ring (bicyclic) bond motifs is 1. The lowest BCUT2D eigenvalue weighted by molar-refractivity contribution is -0.123. The average Bonchev–Trinajstić information content (AvgIpc) is 2.73. The van der Waals surface area contributed by atoms with Crippen LogP contribution in [0.15, 0.2) is 24.3 Å². The third kappa shape index (κ3) is 3.87. The fraction of sp³-hybridized carbons (Fsp3) is 0.429. The van der Waals surface area contributed by atoms with Gasteiger partial charge in [0.05, 0.1) is 11.5 Å². The minimum absolute atomic E-state index is 0.0176. The summed E-state index contributed by atoms with van der Waals surface area (Å²) in [4.78, 5) is 36.5. The van der Waals surface area contributed by atoms with E-state index in [9.17, 15) is 9.59 Å². The summed E-state index contributed by atoms with van der Waals surface area (Å²) in [6, 6.07) is 7.64. The molecule has 2 amide bonds. The molecule has 8 nitrogen and oxygen atoms in total. The second-order valence-corrected chi connectivity index (χ2v) is 7.52. The summed E-state index contributed by atoms with van der Waals surface area (Å²) in [7, 11) is 0. The number of carbonyl (C=O) groups is 2. The fourth-order valence-corrected chi connectivity index (χ4v) is 4.01. The number of benzene rings is 1. The van der Waals surface area contributed by atoms with Crippen molar-refractivity contribution in [3.63, 3.8) is 0 Å². The van der Waals surface area contributed by atoms with Crippen molar-refractivity contribution >= 4 is 35.1 Å². The molecule has 2 aliphatic heterocycles. The third-order valence-corrected chi connectivity index (χ3v) is 5.57. The van der Waals surface area contributed by atoms with Crippen LogP contribution in [-0.4, -0.2) is 34.9 Å². The van der Waals surface area contributed by atoms with E-state index in [1.54, 1.807) is 0 Å². The van der Waals surface area contributed by atoms with Gasteiger partial charge in [-0.3, -0.25) is 9.59 Å². The zero-order valence-electron chi connectivity index (χ0n) is 16.6. The molecule has 4 rings (SSSR count). The molecule has 1 aromatic heterocycles. The van der Waals surface area contributed by atoms with Gasteiger partial charge in [-0.25, -0.2) is 0 Å². The second-order valence-electron chi connectivity index (χ2n) is 7.52. The molecule has 1 aromatic carbocycles. The normalized spacial score (nSPS) is 18.7. The van der Waals surface area contributed by atoms with Gasteiger partial charge in [0, 0.05) is 25.2 Å². The predicted octanol–water partition coefficient (Wildman–Crippen LogP) is 2.68. The Morgan fingerprint density at radius 3 is 2.76 bits per heavy atom. The molecular formula is C21H26N6O2. The maximum Gasteiger partial charge on any atom is 0.232 e. The number of anilines is 4. The van der Waals surface area contributed by atoms with Gasteiger partial charge in [-0.15, -0.1) is 0 Å². The summed E-state index contributed by atoms with van der Waals surface area (Å²) in [5, 5.41) is 5.73. The zero-order valence-corrected chi connectivity index (χ0v) is 16.6. The lowest BCUT2D eigenvalue weighted by Gasteiger charge is -2.30. The third-order valence-electron chi connectivity index (χ3n) is 5.57. The Morgan fingerprint density at radius 1 is 1.24 bits per heavy atom. The van der Waals surface area contributed by atoms with Crippen molar-refractivity contribution in [2.24, 2.45) is 0 Å². The van der Waals surface area contributed by atoms with E-state index in [1.165, 1.54) is 6.42 Å². The van der Waals surface area contributed by atoms with E-state index >= 15 is 0 Å². The highest BCUT2D eigenvalue weighted by molar-refractivity contribution is 6.05. The second kappa shape index (κ2) is 8.06. The highest BCUT2D eigenvalue weighted by Crippen LogP contribution is 2.37. The molecule has 1 unspecified atom stereocenters. The van der Waals surface area contributed by atoms with Gasteiger partial charge in [-0.1, -0.05) is 25.1 Å². The first-order chi connectivity index (χ1) is 14.1. The summed E-state index contributed by atoms with van der Waals surface area (Å²) in [5.74, 6) is -0.136.